The number of H-pyrrole nitrogens is 1. The van der Waals surface area contributed by atoms with Gasteiger partial charge in [-0.25, -0.2) is 5.90 Å². The Morgan fingerprint density at radius 3 is 2.79 bits per heavy atom. The molecule has 0 saturated carbocycles. The van der Waals surface area contributed by atoms with Crippen molar-refractivity contribution in [2.75, 3.05) is 6.61 Å². The molecular formula is C16H17N3O3S2. The summed E-state index contributed by atoms with van der Waals surface area (Å²) < 4.78 is 7.31. The van der Waals surface area contributed by atoms with Gasteiger partial charge in [0, 0.05) is 16.5 Å². The van der Waals surface area contributed by atoms with Gasteiger partial charge in [0.05, 0.1) is 9.43 Å². The lowest BCUT2D eigenvalue weighted by Crippen LogP contribution is -2.26. The van der Waals surface area contributed by atoms with Crippen LogP contribution >= 0.6 is 23.6 Å². The Balaban J connectivity index is 2.35. The van der Waals surface area contributed by atoms with Crippen LogP contribution in [0.3, 0.4) is 0 Å². The summed E-state index contributed by atoms with van der Waals surface area (Å²) in [6, 6.07) is 7.42. The smallest absolute Gasteiger partial charge is 0.285 e. The van der Waals surface area contributed by atoms with E-state index in [1.165, 1.54) is 11.3 Å². The summed E-state index contributed by atoms with van der Waals surface area (Å²) in [5.74, 6) is 5.50. The molecule has 2 aromatic rings. The Kier molecular flexibility index (Phi) is 5.91. The van der Waals surface area contributed by atoms with Crippen LogP contribution in [0.2, 0.25) is 0 Å². The number of hydrogen-bond donors (Lipinski definition) is 2. The van der Waals surface area contributed by atoms with Gasteiger partial charge in [-0.05, 0) is 31.3 Å². The van der Waals surface area contributed by atoms with Gasteiger partial charge in [-0.2, -0.15) is 0 Å². The van der Waals surface area contributed by atoms with E-state index in [0.29, 0.717) is 15.3 Å². The van der Waals surface area contributed by atoms with Crippen LogP contribution in [-0.2, 0) is 4.94 Å². The fraction of sp³-hybridized carbons (Fsp3) is 0.125. The van der Waals surface area contributed by atoms with E-state index >= 15 is 0 Å². The predicted molar refractivity (Wildman–Crippen MR) is 98.5 cm³/mol. The third-order valence-electron chi connectivity index (χ3n) is 3.13. The molecule has 1 heterocycles. The van der Waals surface area contributed by atoms with Crippen molar-refractivity contribution in [3.63, 3.8) is 0 Å². The second-order valence-electron chi connectivity index (χ2n) is 4.92. The molecule has 126 valence electrons. The minimum absolute atomic E-state index is 0.0268. The lowest BCUT2D eigenvalue weighted by atomic mass is 10.2. The molecule has 3 N–H and O–H groups in total. The topological polar surface area (TPSA) is 86.3 Å². The number of ether oxygens (including phenoxy) is 1. The number of hydrogen-bond acceptors (Lipinski definition) is 6. The largest absolute Gasteiger partial charge is 0.482 e. The highest BCUT2D eigenvalue weighted by atomic mass is 32.1. The maximum Gasteiger partial charge on any atom is 0.285 e. The average molecular weight is 363 g/mol. The summed E-state index contributed by atoms with van der Waals surface area (Å²) in [6.07, 6.45) is 1.92. The third kappa shape index (κ3) is 4.31. The summed E-state index contributed by atoms with van der Waals surface area (Å²) in [4.78, 5) is 7.35. The molecule has 0 aliphatic rings. The van der Waals surface area contributed by atoms with E-state index in [1.54, 1.807) is 13.0 Å². The molecule has 8 heteroatoms. The van der Waals surface area contributed by atoms with E-state index in [9.17, 15) is 5.21 Å². The van der Waals surface area contributed by atoms with Gasteiger partial charge >= 0.3 is 0 Å². The summed E-state index contributed by atoms with van der Waals surface area (Å²) >= 11 is 6.55. The van der Waals surface area contributed by atoms with Crippen LogP contribution in [0.4, 0.5) is 0 Å². The van der Waals surface area contributed by atoms with Gasteiger partial charge in [-0.3, -0.25) is 5.21 Å². The highest BCUT2D eigenvalue weighted by molar-refractivity contribution is 7.73. The molecule has 0 amide bonds. The Morgan fingerprint density at radius 1 is 1.50 bits per heavy atom. The highest BCUT2D eigenvalue weighted by Crippen LogP contribution is 2.19. The van der Waals surface area contributed by atoms with Crippen LogP contribution in [-0.4, -0.2) is 22.2 Å². The van der Waals surface area contributed by atoms with Crippen molar-refractivity contribution in [1.29, 1.82) is 0 Å². The Morgan fingerprint density at radius 2 is 2.21 bits per heavy atom. The normalized spacial score (nSPS) is 12.7. The van der Waals surface area contributed by atoms with Crippen molar-refractivity contribution >= 4 is 41.9 Å². The standard InChI is InChI=1S/C16H17N3O3S2/c1-10(2)13(19(20)22-17)9-21-14-7-5-4-6-12(14)8-15-11(3)18-16(23)24-15/h4-8H,1,3,9,17H2,2H3,(H,18,23)/b15-8-,19-13-. The molecule has 0 aliphatic carbocycles. The summed E-state index contributed by atoms with van der Waals surface area (Å²) in [6.45, 7) is 9.28. The molecule has 2 rings (SSSR count). The molecule has 24 heavy (non-hydrogen) atoms. The second-order valence-corrected chi connectivity index (χ2v) is 6.64. The van der Waals surface area contributed by atoms with Crippen LogP contribution in [0.1, 0.15) is 12.5 Å². The molecule has 1 aromatic heterocycles. The van der Waals surface area contributed by atoms with Crippen molar-refractivity contribution in [3.8, 4) is 5.75 Å². The van der Waals surface area contributed by atoms with Crippen molar-refractivity contribution in [2.24, 2.45) is 5.90 Å². The molecular weight excluding hydrogens is 346 g/mol. The molecule has 0 aliphatic heterocycles. The van der Waals surface area contributed by atoms with E-state index in [-0.39, 0.29) is 17.2 Å². The van der Waals surface area contributed by atoms with Gasteiger partial charge < -0.3 is 14.7 Å². The minimum Gasteiger partial charge on any atom is -0.482 e. The van der Waals surface area contributed by atoms with Gasteiger partial charge in [0.1, 0.15) is 5.75 Å². The van der Waals surface area contributed by atoms with E-state index in [4.69, 9.17) is 22.9 Å². The lowest BCUT2D eigenvalue weighted by Gasteiger charge is -2.10. The Bertz CT molecular complexity index is 944. The first-order valence-electron chi connectivity index (χ1n) is 6.89. The zero-order valence-corrected chi connectivity index (χ0v) is 14.7. The predicted octanol–water partition coefficient (Wildman–Crippen LogP) is 1.76. The van der Waals surface area contributed by atoms with Gasteiger partial charge in [-0.1, -0.05) is 31.4 Å². The van der Waals surface area contributed by atoms with Crippen LogP contribution in [0, 0.1) is 9.16 Å². The zero-order chi connectivity index (χ0) is 17.7. The fourth-order valence-corrected chi connectivity index (χ4v) is 3.03. The number of thiazole rings is 1. The molecule has 0 radical (unpaired) electrons. The summed E-state index contributed by atoms with van der Waals surface area (Å²) in [7, 11) is 0. The quantitative estimate of drug-likeness (QED) is 0.353. The number of rotatable bonds is 6. The molecule has 0 spiro atoms. The number of nitrogens with one attached hydrogen (secondary N) is 1. The Labute approximate surface area is 148 Å². The van der Waals surface area contributed by atoms with Crippen molar-refractivity contribution in [3.05, 3.63) is 61.0 Å². The molecule has 1 aromatic carbocycles. The number of benzene rings is 1. The first kappa shape index (κ1) is 17.9. The number of aromatic amines is 1. The molecule has 0 atom stereocenters. The summed E-state index contributed by atoms with van der Waals surface area (Å²) in [5, 5.41) is 12.3. The first-order chi connectivity index (χ1) is 11.4. The second kappa shape index (κ2) is 7.91. The number of nitrogens with zero attached hydrogens (tertiary/aromatic N) is 1. The summed E-state index contributed by atoms with van der Waals surface area (Å²) in [5.41, 5.74) is 1.53. The van der Waals surface area contributed by atoms with Crippen LogP contribution in [0.5, 0.6) is 5.75 Å². The maximum atomic E-state index is 11.6. The molecule has 0 bridgehead atoms. The van der Waals surface area contributed by atoms with E-state index in [2.05, 4.69) is 23.1 Å². The third-order valence-corrected chi connectivity index (χ3v) is 4.36. The number of para-hydroxylation sites is 1. The lowest BCUT2D eigenvalue weighted by molar-refractivity contribution is -0.746. The number of aromatic nitrogens is 1. The average Bonchev–Trinajstić information content (AvgIpc) is 2.86. The van der Waals surface area contributed by atoms with Crippen molar-refractivity contribution < 1.29 is 14.6 Å². The van der Waals surface area contributed by atoms with Gasteiger partial charge in [0.2, 0.25) is 0 Å². The number of nitrogens with two attached hydrogens (primary N) is 1. The van der Waals surface area contributed by atoms with Crippen molar-refractivity contribution in [1.82, 2.24) is 4.98 Å². The zero-order valence-electron chi connectivity index (χ0n) is 13.1. The highest BCUT2D eigenvalue weighted by Gasteiger charge is 2.15. The molecule has 0 unspecified atom stereocenters. The van der Waals surface area contributed by atoms with Crippen LogP contribution < -0.4 is 20.5 Å². The van der Waals surface area contributed by atoms with E-state index in [1.807, 2.05) is 24.3 Å². The van der Waals surface area contributed by atoms with E-state index < -0.39 is 0 Å². The van der Waals surface area contributed by atoms with E-state index in [0.717, 1.165) is 15.4 Å². The van der Waals surface area contributed by atoms with Gasteiger partial charge in [0.15, 0.2) is 10.6 Å². The SMILES string of the molecule is C=C(C)/C(COc1ccccc1/C=c1\sc(=S)[nH]c1=C)=[N+](/[O-])ON. The minimum atomic E-state index is -0.0268. The molecule has 0 saturated heterocycles. The maximum absolute atomic E-state index is 11.6. The molecule has 0 fully saturated rings. The monoisotopic (exact) mass is 363 g/mol. The fourth-order valence-electron chi connectivity index (χ4n) is 1.90. The van der Waals surface area contributed by atoms with Gasteiger partial charge in [0.25, 0.3) is 5.71 Å². The first-order valence-corrected chi connectivity index (χ1v) is 8.12. The van der Waals surface area contributed by atoms with Gasteiger partial charge in [-0.15, -0.1) is 11.3 Å². The van der Waals surface area contributed by atoms with Crippen LogP contribution in [0.25, 0.3) is 12.7 Å². The van der Waals surface area contributed by atoms with Crippen LogP contribution in [0.15, 0.2) is 36.4 Å². The van der Waals surface area contributed by atoms with Crippen molar-refractivity contribution in [2.45, 2.75) is 6.92 Å². The molecule has 6 nitrogen and oxygen atoms in total. The Hall–Kier alpha value is -2.42.